The summed E-state index contributed by atoms with van der Waals surface area (Å²) in [7, 11) is 0. The molecule has 0 radical (unpaired) electrons. The number of nitrogens with zero attached hydrogens (tertiary/aromatic N) is 2. The molecule has 0 aliphatic rings. The minimum absolute atomic E-state index is 0.0825. The summed E-state index contributed by atoms with van der Waals surface area (Å²) in [5, 5.41) is 10.8. The van der Waals surface area contributed by atoms with Crippen LogP contribution in [0.5, 0.6) is 5.75 Å². The number of benzene rings is 2. The summed E-state index contributed by atoms with van der Waals surface area (Å²) in [5.41, 5.74) is 1.18. The summed E-state index contributed by atoms with van der Waals surface area (Å²) in [6, 6.07) is 10.2. The highest BCUT2D eigenvalue weighted by molar-refractivity contribution is 5.48. The van der Waals surface area contributed by atoms with Crippen molar-refractivity contribution >= 4 is 5.69 Å². The Morgan fingerprint density at radius 2 is 2.00 bits per heavy atom. The first-order valence-electron chi connectivity index (χ1n) is 7.74. The summed E-state index contributed by atoms with van der Waals surface area (Å²) >= 11 is 0. The molecule has 0 aliphatic heterocycles. The van der Waals surface area contributed by atoms with Crippen LogP contribution in [0.4, 0.5) is 14.5 Å². The first kappa shape index (κ1) is 16.9. The van der Waals surface area contributed by atoms with Crippen LogP contribution in [0.2, 0.25) is 0 Å². The Morgan fingerprint density at radius 3 is 2.68 bits per heavy atom. The Morgan fingerprint density at radius 1 is 1.16 bits per heavy atom. The van der Waals surface area contributed by atoms with E-state index in [1.165, 1.54) is 24.3 Å². The van der Waals surface area contributed by atoms with Crippen molar-refractivity contribution in [3.05, 3.63) is 71.4 Å². The van der Waals surface area contributed by atoms with Crippen LogP contribution < -0.4 is 10.1 Å². The Kier molecular flexibility index (Phi) is 4.92. The Hall–Kier alpha value is -2.96. The van der Waals surface area contributed by atoms with Crippen LogP contribution in [0.25, 0.3) is 0 Å². The smallest absolute Gasteiger partial charge is 0.238 e. The van der Waals surface area contributed by atoms with Crippen molar-refractivity contribution in [1.82, 2.24) is 10.2 Å². The number of rotatable bonds is 6. The Balaban J connectivity index is 1.64. The van der Waals surface area contributed by atoms with Crippen LogP contribution in [0, 0.1) is 18.6 Å². The third-order valence-electron chi connectivity index (χ3n) is 3.51. The number of nitrogens with one attached hydrogen (secondary N) is 1. The SMILES string of the molecule is Cc1nnc([C@@H](C)Nc2ccc(OCc3cccc(F)c3)c(F)c2)o1. The van der Waals surface area contributed by atoms with Gasteiger partial charge in [0, 0.05) is 18.7 Å². The zero-order chi connectivity index (χ0) is 17.8. The van der Waals surface area contributed by atoms with E-state index in [0.717, 1.165) is 0 Å². The second kappa shape index (κ2) is 7.29. The first-order valence-corrected chi connectivity index (χ1v) is 7.74. The molecule has 7 heteroatoms. The van der Waals surface area contributed by atoms with E-state index in [1.807, 2.05) is 6.92 Å². The summed E-state index contributed by atoms with van der Waals surface area (Å²) in [5.74, 6) is 0.109. The van der Waals surface area contributed by atoms with Gasteiger partial charge in [0.15, 0.2) is 11.6 Å². The molecule has 0 fully saturated rings. The maximum absolute atomic E-state index is 14.2. The lowest BCUT2D eigenvalue weighted by molar-refractivity contribution is 0.290. The van der Waals surface area contributed by atoms with Gasteiger partial charge in [0.2, 0.25) is 11.8 Å². The van der Waals surface area contributed by atoms with E-state index in [9.17, 15) is 8.78 Å². The molecule has 1 N–H and O–H groups in total. The first-order chi connectivity index (χ1) is 12.0. The van der Waals surface area contributed by atoms with E-state index in [1.54, 1.807) is 25.1 Å². The highest BCUT2D eigenvalue weighted by Gasteiger charge is 2.13. The fourth-order valence-corrected chi connectivity index (χ4v) is 2.29. The van der Waals surface area contributed by atoms with Crippen LogP contribution in [0.1, 0.15) is 30.3 Å². The quantitative estimate of drug-likeness (QED) is 0.717. The van der Waals surface area contributed by atoms with E-state index >= 15 is 0 Å². The molecule has 1 aromatic heterocycles. The van der Waals surface area contributed by atoms with Gasteiger partial charge in [0.1, 0.15) is 18.5 Å². The fraction of sp³-hybridized carbons (Fsp3) is 0.222. The van der Waals surface area contributed by atoms with Crippen molar-refractivity contribution in [2.24, 2.45) is 0 Å². The maximum Gasteiger partial charge on any atom is 0.238 e. The zero-order valence-electron chi connectivity index (χ0n) is 13.8. The van der Waals surface area contributed by atoms with E-state index in [4.69, 9.17) is 9.15 Å². The third-order valence-corrected chi connectivity index (χ3v) is 3.51. The largest absolute Gasteiger partial charge is 0.486 e. The van der Waals surface area contributed by atoms with Crippen LogP contribution in [0.3, 0.4) is 0 Å². The van der Waals surface area contributed by atoms with Crippen molar-refractivity contribution in [3.63, 3.8) is 0 Å². The van der Waals surface area contributed by atoms with Crippen LogP contribution in [0.15, 0.2) is 46.9 Å². The fourth-order valence-electron chi connectivity index (χ4n) is 2.29. The molecular weight excluding hydrogens is 328 g/mol. The normalized spacial score (nSPS) is 12.0. The van der Waals surface area contributed by atoms with E-state index < -0.39 is 5.82 Å². The molecule has 1 heterocycles. The van der Waals surface area contributed by atoms with Gasteiger partial charge in [-0.2, -0.15) is 0 Å². The van der Waals surface area contributed by atoms with E-state index in [0.29, 0.717) is 23.0 Å². The number of halogens is 2. The van der Waals surface area contributed by atoms with Gasteiger partial charge >= 0.3 is 0 Å². The van der Waals surface area contributed by atoms with Gasteiger partial charge in [-0.15, -0.1) is 10.2 Å². The number of ether oxygens (including phenoxy) is 1. The maximum atomic E-state index is 14.2. The molecule has 0 saturated heterocycles. The molecule has 5 nitrogen and oxygen atoms in total. The predicted octanol–water partition coefficient (Wildman–Crippen LogP) is 4.41. The third kappa shape index (κ3) is 4.32. The average molecular weight is 345 g/mol. The molecular formula is C18H17F2N3O2. The van der Waals surface area contributed by atoms with E-state index in [2.05, 4.69) is 15.5 Å². The topological polar surface area (TPSA) is 60.2 Å². The minimum atomic E-state index is -0.518. The average Bonchev–Trinajstić information content (AvgIpc) is 3.01. The second-order valence-corrected chi connectivity index (χ2v) is 5.59. The lowest BCUT2D eigenvalue weighted by atomic mass is 10.2. The lowest BCUT2D eigenvalue weighted by Crippen LogP contribution is -2.07. The Bertz CT molecular complexity index is 867. The Labute approximate surface area is 143 Å². The summed E-state index contributed by atoms with van der Waals surface area (Å²) < 4.78 is 38.1. The molecule has 0 bridgehead atoms. The predicted molar refractivity (Wildman–Crippen MR) is 88.2 cm³/mol. The molecule has 25 heavy (non-hydrogen) atoms. The van der Waals surface area contributed by atoms with Crippen molar-refractivity contribution in [2.75, 3.05) is 5.32 Å². The molecule has 0 spiro atoms. The minimum Gasteiger partial charge on any atom is -0.486 e. The molecule has 0 amide bonds. The van der Waals surface area contributed by atoms with Gasteiger partial charge in [0.25, 0.3) is 0 Å². The van der Waals surface area contributed by atoms with Crippen molar-refractivity contribution < 1.29 is 17.9 Å². The second-order valence-electron chi connectivity index (χ2n) is 5.59. The molecule has 130 valence electrons. The summed E-state index contributed by atoms with van der Waals surface area (Å²) in [6.45, 7) is 3.62. The number of hydrogen-bond donors (Lipinski definition) is 1. The number of aryl methyl sites for hydroxylation is 1. The van der Waals surface area contributed by atoms with Gasteiger partial charge in [-0.1, -0.05) is 12.1 Å². The molecule has 3 aromatic rings. The van der Waals surface area contributed by atoms with Crippen molar-refractivity contribution in [2.45, 2.75) is 26.5 Å². The van der Waals surface area contributed by atoms with Gasteiger partial charge in [-0.3, -0.25) is 0 Å². The standard InChI is InChI=1S/C18H17F2N3O2/c1-11(18-23-22-12(2)25-18)21-15-6-7-17(16(20)9-15)24-10-13-4-3-5-14(19)8-13/h3-9,11,21H,10H2,1-2H3/t11-/m1/s1. The van der Waals surface area contributed by atoms with Gasteiger partial charge in [-0.05, 0) is 36.8 Å². The highest BCUT2D eigenvalue weighted by atomic mass is 19.1. The monoisotopic (exact) mass is 345 g/mol. The molecule has 0 saturated carbocycles. The number of hydrogen-bond acceptors (Lipinski definition) is 5. The van der Waals surface area contributed by atoms with Gasteiger partial charge in [-0.25, -0.2) is 8.78 Å². The lowest BCUT2D eigenvalue weighted by Gasteiger charge is -2.13. The summed E-state index contributed by atoms with van der Waals surface area (Å²) in [4.78, 5) is 0. The molecule has 0 aliphatic carbocycles. The van der Waals surface area contributed by atoms with Crippen LogP contribution in [-0.2, 0) is 6.61 Å². The highest BCUT2D eigenvalue weighted by Crippen LogP contribution is 2.25. The number of anilines is 1. The number of aromatic nitrogens is 2. The van der Waals surface area contributed by atoms with Crippen molar-refractivity contribution in [1.29, 1.82) is 0 Å². The molecule has 2 aromatic carbocycles. The van der Waals surface area contributed by atoms with Gasteiger partial charge < -0.3 is 14.5 Å². The zero-order valence-corrected chi connectivity index (χ0v) is 13.8. The van der Waals surface area contributed by atoms with E-state index in [-0.39, 0.29) is 24.2 Å². The van der Waals surface area contributed by atoms with Crippen LogP contribution >= 0.6 is 0 Å². The summed E-state index contributed by atoms with van der Waals surface area (Å²) in [6.07, 6.45) is 0. The van der Waals surface area contributed by atoms with Crippen LogP contribution in [-0.4, -0.2) is 10.2 Å². The van der Waals surface area contributed by atoms with Gasteiger partial charge in [0.05, 0.1) is 0 Å². The van der Waals surface area contributed by atoms with Crippen molar-refractivity contribution in [3.8, 4) is 5.75 Å². The molecule has 0 unspecified atom stereocenters. The molecule has 3 rings (SSSR count). The molecule has 1 atom stereocenters.